The van der Waals surface area contributed by atoms with Gasteiger partial charge in [0.15, 0.2) is 0 Å². The lowest BCUT2D eigenvalue weighted by molar-refractivity contribution is -0.139. The van der Waals surface area contributed by atoms with Crippen molar-refractivity contribution in [2.24, 2.45) is 0 Å². The van der Waals surface area contributed by atoms with Crippen LogP contribution in [0.5, 0.6) is 0 Å². The number of esters is 1. The number of nitrogens with zero attached hydrogens (tertiary/aromatic N) is 3. The van der Waals surface area contributed by atoms with Gasteiger partial charge in [-0.2, -0.15) is 10.1 Å². The molecule has 0 spiro atoms. The summed E-state index contributed by atoms with van der Waals surface area (Å²) in [6.45, 7) is 4.17. The molecule has 0 unspecified atom stereocenters. The second-order valence-corrected chi connectivity index (χ2v) is 5.91. The quantitative estimate of drug-likeness (QED) is 0.838. The number of fused-ring (bicyclic) bond motifs is 1. The Morgan fingerprint density at radius 3 is 2.96 bits per heavy atom. The molecule has 2 aromatic rings. The Hall–Kier alpha value is -2.34. The number of aromatic nitrogens is 3. The summed E-state index contributed by atoms with van der Waals surface area (Å²) < 4.78 is 6.99. The Bertz CT molecular complexity index is 784. The number of rotatable bonds is 5. The molecule has 1 aromatic carbocycles. The zero-order chi connectivity index (χ0) is 17.1. The molecule has 0 saturated heterocycles. The van der Waals surface area contributed by atoms with Gasteiger partial charge < -0.3 is 10.1 Å². The molecule has 3 rings (SSSR count). The Morgan fingerprint density at radius 2 is 2.25 bits per heavy atom. The second kappa shape index (κ2) is 7.05. The first-order valence-electron chi connectivity index (χ1n) is 7.97. The number of ether oxygens (including phenoxy) is 1. The first-order valence-corrected chi connectivity index (χ1v) is 8.35. The highest BCUT2D eigenvalue weighted by atomic mass is 35.5. The lowest BCUT2D eigenvalue weighted by Crippen LogP contribution is -2.30. The third kappa shape index (κ3) is 3.01. The second-order valence-electron chi connectivity index (χ2n) is 5.47. The van der Waals surface area contributed by atoms with E-state index in [2.05, 4.69) is 22.3 Å². The predicted octanol–water partition coefficient (Wildman–Crippen LogP) is 3.56. The summed E-state index contributed by atoms with van der Waals surface area (Å²) in [5, 5.41) is 8.11. The fourth-order valence-corrected chi connectivity index (χ4v) is 3.09. The van der Waals surface area contributed by atoms with Gasteiger partial charge in [0.1, 0.15) is 12.4 Å². The highest BCUT2D eigenvalue weighted by Crippen LogP contribution is 2.37. The van der Waals surface area contributed by atoms with Crippen LogP contribution in [0.25, 0.3) is 0 Å². The highest BCUT2D eigenvalue weighted by molar-refractivity contribution is 6.30. The first-order chi connectivity index (χ1) is 11.7. The van der Waals surface area contributed by atoms with Gasteiger partial charge in [0, 0.05) is 10.7 Å². The maximum atomic E-state index is 12.7. The van der Waals surface area contributed by atoms with E-state index in [4.69, 9.17) is 16.3 Å². The smallest absolute Gasteiger partial charge is 0.338 e. The molecule has 6 nitrogen and oxygen atoms in total. The lowest BCUT2D eigenvalue weighted by Gasteiger charge is -2.29. The zero-order valence-electron chi connectivity index (χ0n) is 13.6. The normalized spacial score (nSPS) is 16.5. The molecule has 1 N–H and O–H groups in total. The van der Waals surface area contributed by atoms with Gasteiger partial charge in [0.25, 0.3) is 0 Å². The summed E-state index contributed by atoms with van der Waals surface area (Å²) in [5.41, 5.74) is 2.24. The third-order valence-electron chi connectivity index (χ3n) is 3.84. The van der Waals surface area contributed by atoms with Gasteiger partial charge in [-0.25, -0.2) is 9.48 Å². The number of carbonyl (C=O) groups is 1. The molecular formula is C17H19ClN4O2. The molecule has 126 valence electrons. The molecule has 1 aliphatic rings. The molecule has 1 aliphatic heterocycles. The molecule has 0 fully saturated rings. The molecule has 24 heavy (non-hydrogen) atoms. The van der Waals surface area contributed by atoms with Crippen molar-refractivity contribution >= 4 is 23.5 Å². The SMILES string of the molecule is CCCC1=C(C(=O)OCC)[C@H](c2cccc(Cl)c2)n2ncnc2N1. The Labute approximate surface area is 145 Å². The minimum atomic E-state index is -0.414. The van der Waals surface area contributed by atoms with E-state index in [9.17, 15) is 4.79 Å². The number of benzene rings is 1. The molecule has 0 bridgehead atoms. The molecule has 0 saturated carbocycles. The Balaban J connectivity index is 2.17. The van der Waals surface area contributed by atoms with Crippen molar-refractivity contribution in [3.05, 3.63) is 52.4 Å². The molecule has 1 aromatic heterocycles. The van der Waals surface area contributed by atoms with Crippen molar-refractivity contribution in [3.8, 4) is 0 Å². The number of allylic oxidation sites excluding steroid dienone is 1. The van der Waals surface area contributed by atoms with Crippen LogP contribution in [0.1, 0.15) is 38.3 Å². The van der Waals surface area contributed by atoms with Gasteiger partial charge in [0.05, 0.1) is 12.2 Å². The predicted molar refractivity (Wildman–Crippen MR) is 91.8 cm³/mol. The number of hydrogen-bond acceptors (Lipinski definition) is 5. The van der Waals surface area contributed by atoms with Crippen LogP contribution in [0.2, 0.25) is 5.02 Å². The van der Waals surface area contributed by atoms with Crippen LogP contribution >= 0.6 is 11.6 Å². The van der Waals surface area contributed by atoms with E-state index in [1.54, 1.807) is 17.7 Å². The molecular weight excluding hydrogens is 328 g/mol. The van der Waals surface area contributed by atoms with Crippen LogP contribution in [-0.2, 0) is 9.53 Å². The fourth-order valence-electron chi connectivity index (χ4n) is 2.89. The summed E-state index contributed by atoms with van der Waals surface area (Å²) in [5.74, 6) is 0.260. The summed E-state index contributed by atoms with van der Waals surface area (Å²) in [6, 6.07) is 7.01. The molecule has 1 atom stereocenters. The summed E-state index contributed by atoms with van der Waals surface area (Å²) in [6.07, 6.45) is 3.08. The summed E-state index contributed by atoms with van der Waals surface area (Å²) in [7, 11) is 0. The van der Waals surface area contributed by atoms with Crippen LogP contribution in [0.15, 0.2) is 41.9 Å². The minimum absolute atomic E-state index is 0.314. The maximum Gasteiger partial charge on any atom is 0.338 e. The number of anilines is 1. The van der Waals surface area contributed by atoms with Crippen molar-refractivity contribution in [2.45, 2.75) is 32.7 Å². The average molecular weight is 347 g/mol. The van der Waals surface area contributed by atoms with Crippen molar-refractivity contribution in [3.63, 3.8) is 0 Å². The van der Waals surface area contributed by atoms with Gasteiger partial charge in [-0.15, -0.1) is 0 Å². The van der Waals surface area contributed by atoms with E-state index in [0.717, 1.165) is 24.1 Å². The summed E-state index contributed by atoms with van der Waals surface area (Å²) in [4.78, 5) is 16.9. The van der Waals surface area contributed by atoms with Crippen LogP contribution < -0.4 is 5.32 Å². The Kier molecular flexibility index (Phi) is 4.85. The Morgan fingerprint density at radius 1 is 1.42 bits per heavy atom. The van der Waals surface area contributed by atoms with Crippen molar-refractivity contribution < 1.29 is 9.53 Å². The van der Waals surface area contributed by atoms with Crippen molar-refractivity contribution in [1.29, 1.82) is 0 Å². The van der Waals surface area contributed by atoms with Crippen LogP contribution in [0.4, 0.5) is 5.95 Å². The standard InChI is InChI=1S/C17H19ClN4O2/c1-3-6-13-14(16(23)24-4-2)15(11-7-5-8-12(18)9-11)22-17(21-13)19-10-20-22/h5,7-10,15H,3-4,6H2,1-2H3,(H,19,20,21)/t15-/m0/s1. The van der Waals surface area contributed by atoms with E-state index in [-0.39, 0.29) is 5.97 Å². The van der Waals surface area contributed by atoms with E-state index >= 15 is 0 Å². The number of hydrogen-bond donors (Lipinski definition) is 1. The first kappa shape index (κ1) is 16.5. The van der Waals surface area contributed by atoms with Gasteiger partial charge in [-0.1, -0.05) is 37.1 Å². The maximum absolute atomic E-state index is 12.7. The highest BCUT2D eigenvalue weighted by Gasteiger charge is 2.35. The van der Waals surface area contributed by atoms with Gasteiger partial charge >= 0.3 is 5.97 Å². The largest absolute Gasteiger partial charge is 0.463 e. The van der Waals surface area contributed by atoms with E-state index in [1.807, 2.05) is 18.2 Å². The van der Waals surface area contributed by atoms with Crippen LogP contribution in [0.3, 0.4) is 0 Å². The molecule has 2 heterocycles. The number of carbonyl (C=O) groups excluding carboxylic acids is 1. The van der Waals surface area contributed by atoms with Crippen LogP contribution in [0, 0.1) is 0 Å². The molecule has 0 radical (unpaired) electrons. The van der Waals surface area contributed by atoms with E-state index < -0.39 is 6.04 Å². The monoisotopic (exact) mass is 346 g/mol. The van der Waals surface area contributed by atoms with Gasteiger partial charge in [0.2, 0.25) is 5.95 Å². The van der Waals surface area contributed by atoms with E-state index in [1.165, 1.54) is 6.33 Å². The fraction of sp³-hybridized carbons (Fsp3) is 0.353. The number of nitrogens with one attached hydrogen (secondary N) is 1. The summed E-state index contributed by atoms with van der Waals surface area (Å²) >= 11 is 6.16. The van der Waals surface area contributed by atoms with E-state index in [0.29, 0.717) is 23.2 Å². The van der Waals surface area contributed by atoms with Gasteiger partial charge in [-0.3, -0.25) is 0 Å². The topological polar surface area (TPSA) is 69.0 Å². The molecule has 0 amide bonds. The van der Waals surface area contributed by atoms with Gasteiger partial charge in [-0.05, 0) is 31.0 Å². The lowest BCUT2D eigenvalue weighted by atomic mass is 9.94. The molecule has 7 heteroatoms. The minimum Gasteiger partial charge on any atom is -0.463 e. The zero-order valence-corrected chi connectivity index (χ0v) is 14.4. The molecule has 0 aliphatic carbocycles. The van der Waals surface area contributed by atoms with Crippen LogP contribution in [-0.4, -0.2) is 27.3 Å². The number of halogens is 1. The van der Waals surface area contributed by atoms with Crippen molar-refractivity contribution in [2.75, 3.05) is 11.9 Å². The third-order valence-corrected chi connectivity index (χ3v) is 4.07. The average Bonchev–Trinajstić information content (AvgIpc) is 3.02. The van der Waals surface area contributed by atoms with Crippen molar-refractivity contribution in [1.82, 2.24) is 14.8 Å².